The normalized spacial score (nSPS) is 11.9. The zero-order valence-electron chi connectivity index (χ0n) is 23.2. The lowest BCUT2D eigenvalue weighted by molar-refractivity contribution is -0.139. The third kappa shape index (κ3) is 7.16. The van der Waals surface area contributed by atoms with Crippen molar-refractivity contribution in [2.75, 3.05) is 17.9 Å². The Kier molecular flexibility index (Phi) is 9.98. The van der Waals surface area contributed by atoms with Crippen molar-refractivity contribution in [1.29, 1.82) is 0 Å². The predicted octanol–water partition coefficient (Wildman–Crippen LogP) is 5.37. The van der Waals surface area contributed by atoms with E-state index in [1.165, 1.54) is 54.4 Å². The molecule has 7 nitrogen and oxygen atoms in total. The van der Waals surface area contributed by atoms with Crippen molar-refractivity contribution in [3.63, 3.8) is 0 Å². The van der Waals surface area contributed by atoms with Crippen LogP contribution in [0.3, 0.4) is 0 Å². The molecule has 0 aliphatic carbocycles. The van der Waals surface area contributed by atoms with E-state index in [1.807, 2.05) is 30.3 Å². The molecule has 0 aromatic heterocycles. The number of rotatable bonds is 11. The van der Waals surface area contributed by atoms with Crippen LogP contribution in [0.1, 0.15) is 16.7 Å². The van der Waals surface area contributed by atoms with Gasteiger partial charge in [-0.3, -0.25) is 13.9 Å². The van der Waals surface area contributed by atoms with Crippen LogP contribution in [0.2, 0.25) is 5.02 Å². The first-order valence-corrected chi connectivity index (χ1v) is 15.1. The second kappa shape index (κ2) is 13.6. The van der Waals surface area contributed by atoms with Crippen molar-refractivity contribution < 1.29 is 22.4 Å². The summed E-state index contributed by atoms with van der Waals surface area (Å²) >= 11 is 6.01. The second-order valence-corrected chi connectivity index (χ2v) is 12.0. The number of likely N-dealkylation sites (N-methyl/N-ethyl adjacent to an activating group) is 1. The van der Waals surface area contributed by atoms with Crippen molar-refractivity contribution >= 4 is 39.1 Å². The van der Waals surface area contributed by atoms with E-state index >= 15 is 0 Å². The number of halogens is 2. The minimum absolute atomic E-state index is 0.0595. The third-order valence-electron chi connectivity index (χ3n) is 6.88. The number of carbonyl (C=O) groups is 2. The fourth-order valence-corrected chi connectivity index (χ4v) is 6.23. The van der Waals surface area contributed by atoms with Gasteiger partial charge in [-0.05, 0) is 54.4 Å². The number of aryl methyl sites for hydroxylation is 1. The van der Waals surface area contributed by atoms with Gasteiger partial charge in [-0.2, -0.15) is 0 Å². The molecule has 1 unspecified atom stereocenters. The molecule has 10 heteroatoms. The van der Waals surface area contributed by atoms with E-state index < -0.39 is 40.2 Å². The standard InChI is InChI=1S/C32H31ClFN3O4S/c1-23-10-6-9-15-29(23)37(42(40,41)27-18-16-26(33)17-19-27)22-31(38)36(21-25-13-7-8-14-28(25)34)30(32(39)35-2)20-24-11-4-3-5-12-24/h3-19,30H,20-22H2,1-2H3,(H,35,39). The number of benzene rings is 4. The van der Waals surface area contributed by atoms with Gasteiger partial charge in [0.05, 0.1) is 10.6 Å². The molecule has 4 aromatic rings. The van der Waals surface area contributed by atoms with Gasteiger partial charge in [0.1, 0.15) is 18.4 Å². The Morgan fingerprint density at radius 2 is 1.50 bits per heavy atom. The number of hydrogen-bond acceptors (Lipinski definition) is 4. The van der Waals surface area contributed by atoms with Crippen LogP contribution in [0.4, 0.5) is 10.1 Å². The molecule has 0 bridgehead atoms. The molecule has 0 aliphatic heterocycles. The van der Waals surface area contributed by atoms with Crippen molar-refractivity contribution in [3.8, 4) is 0 Å². The maximum absolute atomic E-state index is 14.9. The third-order valence-corrected chi connectivity index (χ3v) is 8.91. The Bertz CT molecular complexity index is 1650. The number of nitrogens with zero attached hydrogens (tertiary/aromatic N) is 2. The van der Waals surface area contributed by atoms with E-state index in [-0.39, 0.29) is 23.4 Å². The Morgan fingerprint density at radius 3 is 2.14 bits per heavy atom. The van der Waals surface area contributed by atoms with Gasteiger partial charge in [0.2, 0.25) is 11.8 Å². The van der Waals surface area contributed by atoms with Crippen LogP contribution in [0, 0.1) is 12.7 Å². The van der Waals surface area contributed by atoms with Gasteiger partial charge in [-0.1, -0.05) is 78.3 Å². The van der Waals surface area contributed by atoms with Gasteiger partial charge in [0, 0.05) is 30.6 Å². The fraction of sp³-hybridized carbons (Fsp3) is 0.188. The molecule has 4 aromatic carbocycles. The molecule has 0 heterocycles. The molecule has 1 N–H and O–H groups in total. The van der Waals surface area contributed by atoms with Crippen molar-refractivity contribution in [2.45, 2.75) is 30.8 Å². The Labute approximate surface area is 250 Å². The lowest BCUT2D eigenvalue weighted by Crippen LogP contribution is -2.53. The molecule has 0 aliphatic rings. The lowest BCUT2D eigenvalue weighted by atomic mass is 10.0. The highest BCUT2D eigenvalue weighted by molar-refractivity contribution is 7.92. The van der Waals surface area contributed by atoms with E-state index in [4.69, 9.17) is 11.6 Å². The van der Waals surface area contributed by atoms with Crippen LogP contribution < -0.4 is 9.62 Å². The monoisotopic (exact) mass is 607 g/mol. The van der Waals surface area contributed by atoms with Gasteiger partial charge in [0.15, 0.2) is 0 Å². The average Bonchev–Trinajstić information content (AvgIpc) is 2.99. The first kappa shape index (κ1) is 30.7. The average molecular weight is 608 g/mol. The van der Waals surface area contributed by atoms with Crippen LogP contribution in [0.5, 0.6) is 0 Å². The summed E-state index contributed by atoms with van der Waals surface area (Å²) in [7, 11) is -2.81. The minimum Gasteiger partial charge on any atom is -0.357 e. The molecule has 218 valence electrons. The maximum atomic E-state index is 14.9. The largest absolute Gasteiger partial charge is 0.357 e. The number of para-hydroxylation sites is 1. The molecule has 0 saturated heterocycles. The summed E-state index contributed by atoms with van der Waals surface area (Å²) in [6, 6.07) is 26.5. The van der Waals surface area contributed by atoms with E-state index in [1.54, 1.807) is 37.3 Å². The van der Waals surface area contributed by atoms with Crippen molar-refractivity contribution in [1.82, 2.24) is 10.2 Å². The first-order valence-electron chi connectivity index (χ1n) is 13.2. The summed E-state index contributed by atoms with van der Waals surface area (Å²) in [5.74, 6) is -1.69. The van der Waals surface area contributed by atoms with Crippen LogP contribution in [0.25, 0.3) is 0 Å². The zero-order chi connectivity index (χ0) is 30.3. The molecule has 0 saturated carbocycles. The van der Waals surface area contributed by atoms with Crippen molar-refractivity contribution in [2.24, 2.45) is 0 Å². The summed E-state index contributed by atoms with van der Waals surface area (Å²) in [5.41, 5.74) is 1.89. The molecule has 4 rings (SSSR count). The number of amides is 2. The second-order valence-electron chi connectivity index (χ2n) is 9.68. The first-order chi connectivity index (χ1) is 20.1. The van der Waals surface area contributed by atoms with Crippen LogP contribution in [-0.4, -0.2) is 44.8 Å². The summed E-state index contributed by atoms with van der Waals surface area (Å²) in [6.45, 7) is 0.857. The van der Waals surface area contributed by atoms with E-state index in [0.717, 1.165) is 9.87 Å². The predicted molar refractivity (Wildman–Crippen MR) is 162 cm³/mol. The molecule has 2 amide bonds. The zero-order valence-corrected chi connectivity index (χ0v) is 24.8. The maximum Gasteiger partial charge on any atom is 0.264 e. The van der Waals surface area contributed by atoms with Gasteiger partial charge in [-0.25, -0.2) is 12.8 Å². The van der Waals surface area contributed by atoms with Gasteiger partial charge >= 0.3 is 0 Å². The SMILES string of the molecule is CNC(=O)C(Cc1ccccc1)N(Cc1ccccc1F)C(=O)CN(c1ccccc1C)S(=O)(=O)c1ccc(Cl)cc1. The molecule has 0 fully saturated rings. The highest BCUT2D eigenvalue weighted by atomic mass is 35.5. The van der Waals surface area contributed by atoms with Gasteiger partial charge in [0.25, 0.3) is 10.0 Å². The number of nitrogens with one attached hydrogen (secondary N) is 1. The molecule has 1 atom stereocenters. The summed E-state index contributed by atoms with van der Waals surface area (Å²) in [6.07, 6.45) is 0.134. The Hall–Kier alpha value is -4.21. The number of anilines is 1. The molecular weight excluding hydrogens is 577 g/mol. The topological polar surface area (TPSA) is 86.8 Å². The lowest BCUT2D eigenvalue weighted by Gasteiger charge is -2.34. The number of hydrogen-bond donors (Lipinski definition) is 1. The van der Waals surface area contributed by atoms with E-state index in [0.29, 0.717) is 16.3 Å². The van der Waals surface area contributed by atoms with Crippen LogP contribution in [-0.2, 0) is 32.6 Å². The quantitative estimate of drug-likeness (QED) is 0.248. The van der Waals surface area contributed by atoms with E-state index in [2.05, 4.69) is 5.32 Å². The van der Waals surface area contributed by atoms with Crippen molar-refractivity contribution in [3.05, 3.63) is 131 Å². The number of carbonyl (C=O) groups excluding carboxylic acids is 2. The molecular formula is C32H31ClFN3O4S. The van der Waals surface area contributed by atoms with Gasteiger partial charge < -0.3 is 10.2 Å². The highest BCUT2D eigenvalue weighted by Crippen LogP contribution is 2.28. The minimum atomic E-state index is -4.26. The molecule has 0 radical (unpaired) electrons. The Morgan fingerprint density at radius 1 is 0.881 bits per heavy atom. The summed E-state index contributed by atoms with van der Waals surface area (Å²) in [4.78, 5) is 28.7. The van der Waals surface area contributed by atoms with Crippen LogP contribution >= 0.6 is 11.6 Å². The summed E-state index contributed by atoms with van der Waals surface area (Å²) < 4.78 is 43.9. The van der Waals surface area contributed by atoms with E-state index in [9.17, 15) is 22.4 Å². The van der Waals surface area contributed by atoms with Crippen LogP contribution in [0.15, 0.2) is 108 Å². The fourth-order valence-electron chi connectivity index (χ4n) is 4.62. The number of sulfonamides is 1. The molecule has 42 heavy (non-hydrogen) atoms. The smallest absolute Gasteiger partial charge is 0.264 e. The molecule has 0 spiro atoms. The Balaban J connectivity index is 1.80. The van der Waals surface area contributed by atoms with Gasteiger partial charge in [-0.15, -0.1) is 0 Å². The highest BCUT2D eigenvalue weighted by Gasteiger charge is 2.35. The summed E-state index contributed by atoms with van der Waals surface area (Å²) in [5, 5.41) is 2.96.